The van der Waals surface area contributed by atoms with Gasteiger partial charge in [0.05, 0.1) is 6.04 Å². The first-order valence-corrected chi connectivity index (χ1v) is 10.9. The van der Waals surface area contributed by atoms with Gasteiger partial charge in [0.2, 0.25) is 11.7 Å². The second-order valence-corrected chi connectivity index (χ2v) is 8.51. The average molecular weight is 436 g/mol. The molecule has 8 nitrogen and oxygen atoms in total. The molecule has 0 aliphatic carbocycles. The summed E-state index contributed by atoms with van der Waals surface area (Å²) in [6.45, 7) is 11.9. The van der Waals surface area contributed by atoms with Crippen LogP contribution in [0.3, 0.4) is 0 Å². The molecule has 0 radical (unpaired) electrons. The van der Waals surface area contributed by atoms with Crippen molar-refractivity contribution in [2.75, 3.05) is 26.2 Å². The topological polar surface area (TPSA) is 95.3 Å². The smallest absolute Gasteiger partial charge is 0.270 e. The Morgan fingerprint density at radius 3 is 2.31 bits per heavy atom. The highest BCUT2D eigenvalue weighted by Gasteiger charge is 2.30. The second kappa shape index (κ2) is 8.70. The number of carbonyl (C=O) groups excluding carboxylic acids is 2. The number of aromatic nitrogens is 3. The van der Waals surface area contributed by atoms with E-state index in [1.807, 2.05) is 56.9 Å². The number of H-pyrrole nitrogens is 1. The molecule has 32 heavy (non-hydrogen) atoms. The quantitative estimate of drug-likeness (QED) is 0.614. The molecule has 1 atom stereocenters. The number of rotatable bonds is 5. The van der Waals surface area contributed by atoms with Gasteiger partial charge in [-0.1, -0.05) is 35.0 Å². The molecule has 0 saturated carbocycles. The molecular weight excluding hydrogens is 406 g/mol. The minimum absolute atomic E-state index is 0.0292. The van der Waals surface area contributed by atoms with E-state index in [-0.39, 0.29) is 17.7 Å². The molecular formula is C24H29N5O3. The molecule has 1 aromatic carbocycles. The molecule has 2 aromatic heterocycles. The number of ketones is 1. The number of hydrogen-bond acceptors (Lipinski definition) is 6. The summed E-state index contributed by atoms with van der Waals surface area (Å²) in [5.41, 5.74) is 4.70. The molecule has 1 fully saturated rings. The van der Waals surface area contributed by atoms with Crippen LogP contribution in [0.4, 0.5) is 0 Å². The molecule has 168 valence electrons. The van der Waals surface area contributed by atoms with E-state index in [0.717, 1.165) is 16.8 Å². The van der Waals surface area contributed by atoms with Gasteiger partial charge in [-0.3, -0.25) is 14.5 Å². The Morgan fingerprint density at radius 1 is 1.06 bits per heavy atom. The number of nitrogens with one attached hydrogen (secondary N) is 1. The normalized spacial score (nSPS) is 15.7. The van der Waals surface area contributed by atoms with Crippen LogP contribution in [0.2, 0.25) is 0 Å². The molecule has 1 aliphatic rings. The predicted molar refractivity (Wildman–Crippen MR) is 121 cm³/mol. The number of piperazine rings is 1. The first-order chi connectivity index (χ1) is 15.3. The van der Waals surface area contributed by atoms with E-state index in [1.54, 1.807) is 0 Å². The predicted octanol–water partition coefficient (Wildman–Crippen LogP) is 3.71. The summed E-state index contributed by atoms with van der Waals surface area (Å²) < 4.78 is 5.54. The first-order valence-electron chi connectivity index (χ1n) is 10.9. The molecule has 3 aromatic rings. The van der Waals surface area contributed by atoms with Crippen molar-refractivity contribution in [2.24, 2.45) is 0 Å². The van der Waals surface area contributed by atoms with Gasteiger partial charge in [0.1, 0.15) is 5.69 Å². The Balaban J connectivity index is 1.41. The van der Waals surface area contributed by atoms with Crippen LogP contribution in [0.25, 0.3) is 11.4 Å². The van der Waals surface area contributed by atoms with Crippen LogP contribution in [0.1, 0.15) is 63.4 Å². The third kappa shape index (κ3) is 4.10. The summed E-state index contributed by atoms with van der Waals surface area (Å²) >= 11 is 0. The maximum Gasteiger partial charge on any atom is 0.270 e. The maximum absolute atomic E-state index is 13.1. The lowest BCUT2D eigenvalue weighted by Gasteiger charge is -2.36. The van der Waals surface area contributed by atoms with Crippen molar-refractivity contribution in [3.63, 3.8) is 0 Å². The van der Waals surface area contributed by atoms with Crippen molar-refractivity contribution in [3.05, 3.63) is 58.2 Å². The molecule has 1 N–H and O–H groups in total. The summed E-state index contributed by atoms with van der Waals surface area (Å²) in [4.78, 5) is 36.7. The molecule has 3 heterocycles. The van der Waals surface area contributed by atoms with E-state index in [2.05, 4.69) is 20.0 Å². The monoisotopic (exact) mass is 435 g/mol. The zero-order chi connectivity index (χ0) is 23.0. The third-order valence-electron chi connectivity index (χ3n) is 6.26. The lowest BCUT2D eigenvalue weighted by Crippen LogP contribution is -2.49. The van der Waals surface area contributed by atoms with Gasteiger partial charge in [0.15, 0.2) is 5.78 Å². The molecule has 4 rings (SSSR count). The Kier molecular flexibility index (Phi) is 5.97. The van der Waals surface area contributed by atoms with Gasteiger partial charge in [0.25, 0.3) is 5.91 Å². The Hall–Kier alpha value is -3.26. The van der Waals surface area contributed by atoms with Gasteiger partial charge in [-0.2, -0.15) is 4.98 Å². The van der Waals surface area contributed by atoms with Crippen molar-refractivity contribution in [1.29, 1.82) is 0 Å². The number of carbonyl (C=O) groups is 2. The molecule has 0 unspecified atom stereocenters. The zero-order valence-corrected chi connectivity index (χ0v) is 19.2. The fourth-order valence-electron chi connectivity index (χ4n) is 4.34. The zero-order valence-electron chi connectivity index (χ0n) is 19.2. The van der Waals surface area contributed by atoms with Crippen molar-refractivity contribution < 1.29 is 14.1 Å². The summed E-state index contributed by atoms with van der Waals surface area (Å²) in [6, 6.07) is 7.98. The number of hydrogen-bond donors (Lipinski definition) is 1. The van der Waals surface area contributed by atoms with Crippen LogP contribution in [-0.2, 0) is 0 Å². The van der Waals surface area contributed by atoms with Gasteiger partial charge in [0, 0.05) is 43.0 Å². The highest BCUT2D eigenvalue weighted by Crippen LogP contribution is 2.25. The van der Waals surface area contributed by atoms with Gasteiger partial charge in [-0.25, -0.2) is 0 Å². The van der Waals surface area contributed by atoms with Crippen LogP contribution in [0, 0.1) is 20.8 Å². The van der Waals surface area contributed by atoms with Crippen LogP contribution in [-0.4, -0.2) is 62.8 Å². The Morgan fingerprint density at radius 2 is 1.72 bits per heavy atom. The summed E-state index contributed by atoms with van der Waals surface area (Å²) in [6.07, 6.45) is 0. The highest BCUT2D eigenvalue weighted by atomic mass is 16.5. The Bertz CT molecular complexity index is 1140. The number of nitrogens with zero attached hydrogens (tertiary/aromatic N) is 4. The fourth-order valence-corrected chi connectivity index (χ4v) is 4.34. The van der Waals surface area contributed by atoms with Crippen LogP contribution in [0.5, 0.6) is 0 Å². The molecule has 1 saturated heterocycles. The SMILES string of the molecule is CC(=O)c1c(C)[nH]c(C(=O)N2CCN([C@@H](C)c3nc(-c4ccc(C)cc4)no3)CC2)c1C. The van der Waals surface area contributed by atoms with E-state index in [0.29, 0.717) is 49.2 Å². The molecule has 8 heteroatoms. The number of aromatic amines is 1. The van der Waals surface area contributed by atoms with Crippen LogP contribution >= 0.6 is 0 Å². The molecule has 0 spiro atoms. The van der Waals surface area contributed by atoms with E-state index in [4.69, 9.17) is 4.52 Å². The maximum atomic E-state index is 13.1. The van der Waals surface area contributed by atoms with Crippen molar-refractivity contribution in [3.8, 4) is 11.4 Å². The minimum Gasteiger partial charge on any atom is -0.354 e. The van der Waals surface area contributed by atoms with Gasteiger partial charge in [-0.05, 0) is 40.2 Å². The van der Waals surface area contributed by atoms with Crippen LogP contribution < -0.4 is 0 Å². The highest BCUT2D eigenvalue weighted by molar-refractivity contribution is 6.02. The number of benzene rings is 1. The molecule has 1 aliphatic heterocycles. The fraction of sp³-hybridized carbons (Fsp3) is 0.417. The molecule has 0 bridgehead atoms. The molecule has 1 amide bonds. The van der Waals surface area contributed by atoms with Crippen molar-refractivity contribution >= 4 is 11.7 Å². The standard InChI is InChI=1S/C24H29N5O3/c1-14-6-8-19(9-7-14)22-26-23(32-27-22)17(4)28-10-12-29(13-11-28)24(31)21-15(2)20(18(5)30)16(3)25-21/h6-9,17,25H,10-13H2,1-5H3/t17-/m0/s1. The second-order valence-electron chi connectivity index (χ2n) is 8.51. The number of Topliss-reactive ketones (excluding diaryl/α,β-unsaturated/α-hetero) is 1. The summed E-state index contributed by atoms with van der Waals surface area (Å²) in [5, 5.41) is 4.14. The van der Waals surface area contributed by atoms with E-state index in [9.17, 15) is 9.59 Å². The van der Waals surface area contributed by atoms with E-state index >= 15 is 0 Å². The lowest BCUT2D eigenvalue weighted by molar-refractivity contribution is 0.0546. The minimum atomic E-state index is -0.0650. The van der Waals surface area contributed by atoms with Crippen LogP contribution in [0.15, 0.2) is 28.8 Å². The number of amides is 1. The largest absolute Gasteiger partial charge is 0.354 e. The van der Waals surface area contributed by atoms with E-state index in [1.165, 1.54) is 12.5 Å². The summed E-state index contributed by atoms with van der Waals surface area (Å²) in [5.74, 6) is 1.06. The average Bonchev–Trinajstić information content (AvgIpc) is 3.38. The van der Waals surface area contributed by atoms with Gasteiger partial charge in [-0.15, -0.1) is 0 Å². The van der Waals surface area contributed by atoms with E-state index < -0.39 is 0 Å². The summed E-state index contributed by atoms with van der Waals surface area (Å²) in [7, 11) is 0. The van der Waals surface area contributed by atoms with Crippen molar-refractivity contribution in [2.45, 2.75) is 40.7 Å². The Labute approximate surface area is 187 Å². The first kappa shape index (κ1) is 22.0. The third-order valence-corrected chi connectivity index (χ3v) is 6.26. The van der Waals surface area contributed by atoms with Crippen molar-refractivity contribution in [1.82, 2.24) is 24.9 Å². The van der Waals surface area contributed by atoms with Gasteiger partial charge < -0.3 is 14.4 Å². The van der Waals surface area contributed by atoms with Gasteiger partial charge >= 0.3 is 0 Å². The number of aryl methyl sites for hydroxylation is 2. The lowest BCUT2D eigenvalue weighted by atomic mass is 10.1.